The lowest BCUT2D eigenvalue weighted by atomic mass is 10.0. The molecule has 4 aromatic rings. The maximum absolute atomic E-state index is 13.1. The first-order valence-electron chi connectivity index (χ1n) is 9.35. The van der Waals surface area contributed by atoms with Crippen LogP contribution in [0.2, 0.25) is 0 Å². The van der Waals surface area contributed by atoms with Crippen molar-refractivity contribution in [2.24, 2.45) is 0 Å². The maximum atomic E-state index is 13.1. The lowest BCUT2D eigenvalue weighted by Crippen LogP contribution is -2.26. The number of ether oxygens (including phenoxy) is 1. The number of aromatic nitrogens is 2. The summed E-state index contributed by atoms with van der Waals surface area (Å²) in [6.07, 6.45) is 0. The average molecular weight is 387 g/mol. The molecule has 1 heterocycles. The van der Waals surface area contributed by atoms with Crippen LogP contribution in [0.1, 0.15) is 27.6 Å². The number of fused-ring (bicyclic) bond motifs is 1. The summed E-state index contributed by atoms with van der Waals surface area (Å²) >= 11 is 0. The molecule has 0 atom stereocenters. The van der Waals surface area contributed by atoms with Crippen LogP contribution < -0.4 is 4.74 Å². The molecule has 0 aliphatic carbocycles. The predicted molar refractivity (Wildman–Crippen MR) is 110 cm³/mol. The third-order valence-electron chi connectivity index (χ3n) is 4.68. The molecule has 1 aromatic heterocycles. The fraction of sp³-hybridized carbons (Fsp3) is 0.174. The zero-order valence-corrected chi connectivity index (χ0v) is 16.3. The molecule has 3 aromatic carbocycles. The van der Waals surface area contributed by atoms with E-state index in [0.29, 0.717) is 29.6 Å². The second kappa shape index (κ2) is 8.14. The zero-order chi connectivity index (χ0) is 20.2. The van der Waals surface area contributed by atoms with E-state index in [1.54, 1.807) is 31.0 Å². The smallest absolute Gasteiger partial charge is 0.257 e. The number of carbonyl (C=O) groups excluding carboxylic acids is 1. The Morgan fingerprint density at radius 2 is 1.79 bits per heavy atom. The van der Waals surface area contributed by atoms with Crippen molar-refractivity contribution in [1.29, 1.82) is 0 Å². The van der Waals surface area contributed by atoms with Gasteiger partial charge in [0.1, 0.15) is 5.75 Å². The van der Waals surface area contributed by atoms with Gasteiger partial charge in [0.25, 0.3) is 5.91 Å². The molecular formula is C23H21N3O3. The minimum absolute atomic E-state index is 0.113. The largest absolute Gasteiger partial charge is 0.485 e. The van der Waals surface area contributed by atoms with Crippen molar-refractivity contribution in [3.05, 3.63) is 89.6 Å². The summed E-state index contributed by atoms with van der Waals surface area (Å²) in [6, 6.07) is 21.5. The number of carbonyl (C=O) groups is 1. The molecule has 6 heteroatoms. The Bertz CT molecular complexity index is 1150. The monoisotopic (exact) mass is 387 g/mol. The highest BCUT2D eigenvalue weighted by atomic mass is 16.5. The van der Waals surface area contributed by atoms with Crippen LogP contribution in [0.4, 0.5) is 0 Å². The van der Waals surface area contributed by atoms with Crippen molar-refractivity contribution < 1.29 is 14.1 Å². The summed E-state index contributed by atoms with van der Waals surface area (Å²) in [4.78, 5) is 18.9. The van der Waals surface area contributed by atoms with Gasteiger partial charge in [-0.15, -0.1) is 0 Å². The molecule has 6 nitrogen and oxygen atoms in total. The third-order valence-corrected chi connectivity index (χ3v) is 4.68. The van der Waals surface area contributed by atoms with Crippen LogP contribution in [-0.2, 0) is 13.2 Å². The fourth-order valence-corrected chi connectivity index (χ4v) is 3.27. The molecule has 0 unspecified atom stereocenters. The van der Waals surface area contributed by atoms with Gasteiger partial charge in [0.05, 0.1) is 5.56 Å². The SMILES string of the molecule is Cc1nc(COc2ccccc2C(=O)N(C)Cc2cccc3ccccc23)no1. The number of rotatable bonds is 6. The molecule has 0 saturated carbocycles. The van der Waals surface area contributed by atoms with Crippen molar-refractivity contribution in [3.8, 4) is 5.75 Å². The van der Waals surface area contributed by atoms with E-state index in [2.05, 4.69) is 28.3 Å². The normalized spacial score (nSPS) is 10.8. The molecule has 29 heavy (non-hydrogen) atoms. The summed E-state index contributed by atoms with van der Waals surface area (Å²) < 4.78 is 10.7. The van der Waals surface area contributed by atoms with E-state index >= 15 is 0 Å². The lowest BCUT2D eigenvalue weighted by molar-refractivity contribution is 0.0780. The Hall–Kier alpha value is -3.67. The van der Waals surface area contributed by atoms with Crippen LogP contribution in [-0.4, -0.2) is 28.0 Å². The van der Waals surface area contributed by atoms with Gasteiger partial charge >= 0.3 is 0 Å². The van der Waals surface area contributed by atoms with E-state index in [-0.39, 0.29) is 12.5 Å². The number of hydrogen-bond acceptors (Lipinski definition) is 5. The number of para-hydroxylation sites is 1. The van der Waals surface area contributed by atoms with Gasteiger partial charge in [-0.2, -0.15) is 4.98 Å². The molecule has 146 valence electrons. The van der Waals surface area contributed by atoms with E-state index in [1.807, 2.05) is 36.4 Å². The van der Waals surface area contributed by atoms with Gasteiger partial charge in [-0.1, -0.05) is 59.8 Å². The Kier molecular flexibility index (Phi) is 5.24. The van der Waals surface area contributed by atoms with Crippen LogP contribution in [0, 0.1) is 6.92 Å². The van der Waals surface area contributed by atoms with Crippen molar-refractivity contribution in [2.45, 2.75) is 20.1 Å². The minimum atomic E-state index is -0.113. The molecule has 1 amide bonds. The van der Waals surface area contributed by atoms with E-state index in [9.17, 15) is 4.79 Å². The standard InChI is InChI=1S/C23H21N3O3/c1-16-24-22(25-29-16)15-28-21-13-6-5-12-20(21)23(27)26(2)14-18-10-7-9-17-8-3-4-11-19(17)18/h3-13H,14-15H2,1-2H3. The molecule has 4 rings (SSSR count). The topological polar surface area (TPSA) is 68.5 Å². The first kappa shape index (κ1) is 18.7. The van der Waals surface area contributed by atoms with Crippen molar-refractivity contribution in [1.82, 2.24) is 15.0 Å². The maximum Gasteiger partial charge on any atom is 0.257 e. The van der Waals surface area contributed by atoms with E-state index in [4.69, 9.17) is 9.26 Å². The Morgan fingerprint density at radius 1 is 1.03 bits per heavy atom. The minimum Gasteiger partial charge on any atom is -0.485 e. The molecule has 0 aliphatic heterocycles. The van der Waals surface area contributed by atoms with E-state index < -0.39 is 0 Å². The predicted octanol–water partition coefficient (Wildman–Crippen LogP) is 4.38. The number of aryl methyl sites for hydroxylation is 1. The molecule has 0 bridgehead atoms. The molecule has 0 saturated heterocycles. The van der Waals surface area contributed by atoms with Crippen molar-refractivity contribution in [2.75, 3.05) is 7.05 Å². The van der Waals surface area contributed by atoms with Gasteiger partial charge < -0.3 is 14.2 Å². The highest BCUT2D eigenvalue weighted by Crippen LogP contribution is 2.23. The van der Waals surface area contributed by atoms with E-state index in [1.165, 1.54) is 0 Å². The number of hydrogen-bond donors (Lipinski definition) is 0. The van der Waals surface area contributed by atoms with Gasteiger partial charge in [0.2, 0.25) is 11.7 Å². The Morgan fingerprint density at radius 3 is 2.62 bits per heavy atom. The van der Waals surface area contributed by atoms with Gasteiger partial charge in [-0.05, 0) is 28.5 Å². The number of benzene rings is 3. The molecular weight excluding hydrogens is 366 g/mol. The van der Waals surface area contributed by atoms with Crippen LogP contribution in [0.5, 0.6) is 5.75 Å². The second-order valence-corrected chi connectivity index (χ2v) is 6.81. The molecule has 0 spiro atoms. The first-order valence-corrected chi connectivity index (χ1v) is 9.35. The van der Waals surface area contributed by atoms with Gasteiger partial charge in [-0.3, -0.25) is 4.79 Å². The average Bonchev–Trinajstić information content (AvgIpc) is 3.17. The first-order chi connectivity index (χ1) is 14.1. The van der Waals surface area contributed by atoms with Crippen LogP contribution in [0.15, 0.2) is 71.3 Å². The molecule has 0 N–H and O–H groups in total. The summed E-state index contributed by atoms with van der Waals surface area (Å²) in [6.45, 7) is 2.35. The van der Waals surface area contributed by atoms with Crippen LogP contribution in [0.25, 0.3) is 10.8 Å². The summed E-state index contributed by atoms with van der Waals surface area (Å²) in [5.74, 6) is 1.29. The zero-order valence-electron chi connectivity index (χ0n) is 16.3. The number of nitrogens with zero attached hydrogens (tertiary/aromatic N) is 3. The summed E-state index contributed by atoms with van der Waals surface area (Å²) in [5, 5.41) is 6.12. The number of amides is 1. The third kappa shape index (κ3) is 4.11. The van der Waals surface area contributed by atoms with Crippen LogP contribution >= 0.6 is 0 Å². The van der Waals surface area contributed by atoms with Crippen LogP contribution in [0.3, 0.4) is 0 Å². The Labute approximate surface area is 168 Å². The highest BCUT2D eigenvalue weighted by Gasteiger charge is 2.18. The second-order valence-electron chi connectivity index (χ2n) is 6.81. The van der Waals surface area contributed by atoms with Crippen molar-refractivity contribution in [3.63, 3.8) is 0 Å². The van der Waals surface area contributed by atoms with E-state index in [0.717, 1.165) is 16.3 Å². The lowest BCUT2D eigenvalue weighted by Gasteiger charge is -2.20. The van der Waals surface area contributed by atoms with Gasteiger partial charge in [-0.25, -0.2) is 0 Å². The van der Waals surface area contributed by atoms with Gasteiger partial charge in [0.15, 0.2) is 6.61 Å². The molecule has 0 radical (unpaired) electrons. The summed E-state index contributed by atoms with van der Waals surface area (Å²) in [7, 11) is 1.80. The fourth-order valence-electron chi connectivity index (χ4n) is 3.27. The molecule has 0 fully saturated rings. The van der Waals surface area contributed by atoms with Crippen molar-refractivity contribution >= 4 is 16.7 Å². The van der Waals surface area contributed by atoms with Gasteiger partial charge in [0, 0.05) is 20.5 Å². The quantitative estimate of drug-likeness (QED) is 0.491. The molecule has 0 aliphatic rings. The highest BCUT2D eigenvalue weighted by molar-refractivity contribution is 5.97. The Balaban J connectivity index is 1.53. The summed E-state index contributed by atoms with van der Waals surface area (Å²) in [5.41, 5.74) is 1.59.